The highest BCUT2D eigenvalue weighted by atomic mass is 35.5. The highest BCUT2D eigenvalue weighted by Gasteiger charge is 2.03. The molecule has 0 atom stereocenters. The summed E-state index contributed by atoms with van der Waals surface area (Å²) in [4.78, 5) is 0. The predicted octanol–water partition coefficient (Wildman–Crippen LogP) is 2.73. The van der Waals surface area contributed by atoms with Gasteiger partial charge in [0.25, 0.3) is 0 Å². The number of rotatable bonds is 3. The zero-order valence-corrected chi connectivity index (χ0v) is 9.79. The van der Waals surface area contributed by atoms with Crippen LogP contribution in [0.5, 0.6) is 0 Å². The second-order valence-corrected chi connectivity index (χ2v) is 3.90. The molecule has 0 aliphatic rings. The lowest BCUT2D eigenvalue weighted by molar-refractivity contribution is 1.10. The molecule has 0 aliphatic heterocycles. The standard InChI is InChI=1S/C5H7ClN2S2.C2N2/c1-2-3-9-5-4(6)7-10-8-5;3-1-2-4/h2-3H2,1H3;. The van der Waals surface area contributed by atoms with Gasteiger partial charge in [-0.05, 0) is 12.2 Å². The molecule has 4 nitrogen and oxygen atoms in total. The van der Waals surface area contributed by atoms with E-state index in [4.69, 9.17) is 22.1 Å². The van der Waals surface area contributed by atoms with Crippen LogP contribution in [0.1, 0.15) is 13.3 Å². The Morgan fingerprint density at radius 3 is 2.43 bits per heavy atom. The molecule has 14 heavy (non-hydrogen) atoms. The first-order chi connectivity index (χ1) is 6.76. The number of nitriles is 2. The normalized spacial score (nSPS) is 8.00. The molecule has 1 aromatic rings. The Bertz CT molecular complexity index is 326. The molecule has 0 bridgehead atoms. The summed E-state index contributed by atoms with van der Waals surface area (Å²) in [5.74, 6) is 1.06. The number of hydrogen-bond donors (Lipinski definition) is 0. The van der Waals surface area contributed by atoms with Crippen molar-refractivity contribution in [2.45, 2.75) is 18.4 Å². The van der Waals surface area contributed by atoms with Crippen LogP contribution in [0.3, 0.4) is 0 Å². The fourth-order valence-corrected chi connectivity index (χ4v) is 2.09. The Balaban J connectivity index is 0.000000364. The van der Waals surface area contributed by atoms with E-state index >= 15 is 0 Å². The first-order valence-corrected chi connectivity index (χ1v) is 5.74. The maximum absolute atomic E-state index is 7.26. The van der Waals surface area contributed by atoms with Crippen LogP contribution in [-0.4, -0.2) is 14.5 Å². The number of nitrogens with zero attached hydrogens (tertiary/aromatic N) is 4. The monoisotopic (exact) mass is 246 g/mol. The summed E-state index contributed by atoms with van der Waals surface area (Å²) in [5.41, 5.74) is 0. The first kappa shape index (κ1) is 13.2. The first-order valence-electron chi connectivity index (χ1n) is 3.65. The van der Waals surface area contributed by atoms with Crippen molar-refractivity contribution in [1.29, 1.82) is 10.5 Å². The van der Waals surface area contributed by atoms with Crippen molar-refractivity contribution in [3.05, 3.63) is 5.15 Å². The third kappa shape index (κ3) is 5.76. The average Bonchev–Trinajstić information content (AvgIpc) is 2.61. The van der Waals surface area contributed by atoms with Gasteiger partial charge in [-0.15, -0.1) is 11.8 Å². The van der Waals surface area contributed by atoms with Gasteiger partial charge < -0.3 is 0 Å². The molecular weight excluding hydrogens is 240 g/mol. The topological polar surface area (TPSA) is 73.4 Å². The van der Waals surface area contributed by atoms with Gasteiger partial charge in [-0.25, -0.2) is 0 Å². The molecule has 0 fully saturated rings. The molecule has 74 valence electrons. The average molecular weight is 247 g/mol. The summed E-state index contributed by atoms with van der Waals surface area (Å²) in [6.45, 7) is 2.13. The van der Waals surface area contributed by atoms with Crippen molar-refractivity contribution < 1.29 is 0 Å². The second-order valence-electron chi connectivity index (χ2n) is 1.93. The van der Waals surface area contributed by atoms with Crippen molar-refractivity contribution >= 4 is 35.1 Å². The number of halogens is 1. The third-order valence-electron chi connectivity index (χ3n) is 0.914. The molecule has 1 aromatic heterocycles. The molecule has 7 heteroatoms. The van der Waals surface area contributed by atoms with Gasteiger partial charge in [0, 0.05) is 0 Å². The summed E-state index contributed by atoms with van der Waals surface area (Å²) in [6, 6.07) is 2.47. The smallest absolute Gasteiger partial charge is 0.181 e. The molecule has 0 amide bonds. The molecule has 0 aliphatic carbocycles. The molecule has 0 radical (unpaired) electrons. The number of thioether (sulfide) groups is 1. The van der Waals surface area contributed by atoms with E-state index in [-0.39, 0.29) is 0 Å². The lowest BCUT2D eigenvalue weighted by Crippen LogP contribution is -1.75. The molecular formula is C7H7ClN4S2. The van der Waals surface area contributed by atoms with Crippen molar-refractivity contribution in [2.24, 2.45) is 0 Å². The molecule has 0 N–H and O–H groups in total. The van der Waals surface area contributed by atoms with Crippen molar-refractivity contribution in [2.75, 3.05) is 5.75 Å². The fraction of sp³-hybridized carbons (Fsp3) is 0.429. The SMILES string of the molecule is CCCSc1nsnc1Cl.N#CC#N. The number of aromatic nitrogens is 2. The Labute approximate surface area is 95.8 Å². The van der Waals surface area contributed by atoms with Gasteiger partial charge in [0.1, 0.15) is 5.03 Å². The van der Waals surface area contributed by atoms with Crippen molar-refractivity contribution in [1.82, 2.24) is 8.75 Å². The largest absolute Gasteiger partial charge is 0.181 e. The fourth-order valence-electron chi connectivity index (χ4n) is 0.455. The summed E-state index contributed by atoms with van der Waals surface area (Å²) >= 11 is 8.51. The zero-order chi connectivity index (χ0) is 10.8. The van der Waals surface area contributed by atoms with Gasteiger partial charge in [-0.2, -0.15) is 19.3 Å². The number of hydrogen-bond acceptors (Lipinski definition) is 6. The zero-order valence-electron chi connectivity index (χ0n) is 7.40. The summed E-state index contributed by atoms with van der Waals surface area (Å²) in [6.07, 6.45) is 1.14. The van der Waals surface area contributed by atoms with E-state index in [9.17, 15) is 0 Å². The van der Waals surface area contributed by atoms with E-state index in [2.05, 4.69) is 15.7 Å². The van der Waals surface area contributed by atoms with Crippen LogP contribution in [0.25, 0.3) is 0 Å². The lowest BCUT2D eigenvalue weighted by atomic mass is 10.6. The Hall–Kier alpha value is -0.820. The summed E-state index contributed by atoms with van der Waals surface area (Å²) in [7, 11) is 0. The summed E-state index contributed by atoms with van der Waals surface area (Å²) < 4.78 is 7.86. The van der Waals surface area contributed by atoms with Crippen LogP contribution in [0, 0.1) is 22.7 Å². The summed E-state index contributed by atoms with van der Waals surface area (Å²) in [5, 5.41) is 15.9. The molecule has 0 aromatic carbocycles. The van der Waals surface area contributed by atoms with E-state index < -0.39 is 0 Å². The van der Waals surface area contributed by atoms with E-state index in [0.717, 1.165) is 28.9 Å². The van der Waals surface area contributed by atoms with Gasteiger partial charge in [0.05, 0.1) is 11.7 Å². The van der Waals surface area contributed by atoms with Crippen molar-refractivity contribution in [3.8, 4) is 12.1 Å². The van der Waals surface area contributed by atoms with Crippen LogP contribution < -0.4 is 0 Å². The van der Waals surface area contributed by atoms with Crippen LogP contribution in [-0.2, 0) is 0 Å². The predicted molar refractivity (Wildman–Crippen MR) is 57.2 cm³/mol. The van der Waals surface area contributed by atoms with Gasteiger partial charge >= 0.3 is 0 Å². The minimum absolute atomic E-state index is 0.545. The van der Waals surface area contributed by atoms with Gasteiger partial charge in [-0.3, -0.25) is 0 Å². The van der Waals surface area contributed by atoms with E-state index in [1.807, 2.05) is 0 Å². The lowest BCUT2D eigenvalue weighted by Gasteiger charge is -1.90. The van der Waals surface area contributed by atoms with Crippen LogP contribution in [0.15, 0.2) is 5.03 Å². The Morgan fingerprint density at radius 2 is 2.07 bits per heavy atom. The molecule has 1 heterocycles. The van der Waals surface area contributed by atoms with Crippen LogP contribution >= 0.6 is 35.1 Å². The second kappa shape index (κ2) is 8.76. The Morgan fingerprint density at radius 1 is 1.43 bits per heavy atom. The Kier molecular flexibility index (Phi) is 8.25. The minimum Gasteiger partial charge on any atom is -0.181 e. The molecule has 0 saturated carbocycles. The molecule has 0 saturated heterocycles. The van der Waals surface area contributed by atoms with Gasteiger partial charge in [0.2, 0.25) is 0 Å². The van der Waals surface area contributed by atoms with Crippen molar-refractivity contribution in [3.63, 3.8) is 0 Å². The molecule has 0 unspecified atom stereocenters. The highest BCUT2D eigenvalue weighted by molar-refractivity contribution is 7.99. The van der Waals surface area contributed by atoms with Crippen LogP contribution in [0.2, 0.25) is 5.15 Å². The maximum Gasteiger partial charge on any atom is 0.181 e. The maximum atomic E-state index is 7.26. The molecule has 1 rings (SSSR count). The van der Waals surface area contributed by atoms with E-state index in [1.54, 1.807) is 11.8 Å². The van der Waals surface area contributed by atoms with E-state index in [0.29, 0.717) is 5.15 Å². The van der Waals surface area contributed by atoms with Gasteiger partial charge in [0.15, 0.2) is 17.3 Å². The quantitative estimate of drug-likeness (QED) is 0.767. The van der Waals surface area contributed by atoms with E-state index in [1.165, 1.54) is 12.1 Å². The van der Waals surface area contributed by atoms with Crippen LogP contribution in [0.4, 0.5) is 0 Å². The third-order valence-corrected chi connectivity index (χ3v) is 3.20. The molecule has 0 spiro atoms. The highest BCUT2D eigenvalue weighted by Crippen LogP contribution is 2.24. The van der Waals surface area contributed by atoms with Gasteiger partial charge in [-0.1, -0.05) is 18.5 Å². The minimum atomic E-state index is 0.545.